The molecule has 0 fully saturated rings. The van der Waals surface area contributed by atoms with E-state index < -0.39 is 12.2 Å². The van der Waals surface area contributed by atoms with Crippen molar-refractivity contribution in [3.05, 3.63) is 72.8 Å². The van der Waals surface area contributed by atoms with Gasteiger partial charge in [0.1, 0.15) is 18.1 Å². The maximum atomic E-state index is 12.1. The van der Waals surface area contributed by atoms with E-state index in [9.17, 15) is 14.7 Å². The van der Waals surface area contributed by atoms with E-state index in [1.54, 1.807) is 31.4 Å². The van der Waals surface area contributed by atoms with Gasteiger partial charge in [0.05, 0.1) is 20.3 Å². The third kappa shape index (κ3) is 11.8. The van der Waals surface area contributed by atoms with Crippen LogP contribution in [0, 0.1) is 0 Å². The van der Waals surface area contributed by atoms with Gasteiger partial charge >= 0.3 is 12.2 Å². The molecule has 0 atom stereocenters. The second-order valence-corrected chi connectivity index (χ2v) is 9.35. The summed E-state index contributed by atoms with van der Waals surface area (Å²) >= 11 is 0. The van der Waals surface area contributed by atoms with Crippen molar-refractivity contribution in [2.75, 3.05) is 57.2 Å². The SMILES string of the molecule is COc1ccc(-c2ccc(OCCCCCCN(CCO)CCOC(=O)Nc3ccc(NC(=O)O)cc3)cc2)cc1. The quantitative estimate of drug-likeness (QED) is 0.148. The number of carbonyl (C=O) groups excluding carboxylic acids is 1. The summed E-state index contributed by atoms with van der Waals surface area (Å²) in [5.41, 5.74) is 3.15. The summed E-state index contributed by atoms with van der Waals surface area (Å²) in [6.07, 6.45) is 2.25. The number of hydrogen-bond donors (Lipinski definition) is 4. The van der Waals surface area contributed by atoms with E-state index in [0.717, 1.165) is 54.9 Å². The fourth-order valence-corrected chi connectivity index (χ4v) is 4.17. The fourth-order valence-electron chi connectivity index (χ4n) is 4.17. The molecule has 0 saturated carbocycles. The van der Waals surface area contributed by atoms with Crippen LogP contribution < -0.4 is 20.1 Å². The maximum absolute atomic E-state index is 12.1. The first-order valence-corrected chi connectivity index (χ1v) is 13.7. The molecule has 0 radical (unpaired) electrons. The molecule has 10 nitrogen and oxygen atoms in total. The number of benzene rings is 3. The molecule has 0 saturated heterocycles. The van der Waals surface area contributed by atoms with Crippen LogP contribution in [0.15, 0.2) is 72.8 Å². The van der Waals surface area contributed by atoms with Crippen molar-refractivity contribution in [2.45, 2.75) is 25.7 Å². The van der Waals surface area contributed by atoms with Gasteiger partial charge in [-0.05, 0) is 79.0 Å². The molecular weight excluding hydrogens is 526 g/mol. The molecule has 4 N–H and O–H groups in total. The summed E-state index contributed by atoms with van der Waals surface area (Å²) in [7, 11) is 1.66. The largest absolute Gasteiger partial charge is 0.497 e. The zero-order chi connectivity index (χ0) is 29.3. The van der Waals surface area contributed by atoms with E-state index >= 15 is 0 Å². The number of aliphatic hydroxyl groups excluding tert-OH is 1. The molecule has 10 heteroatoms. The van der Waals surface area contributed by atoms with Gasteiger partial charge in [0, 0.05) is 24.5 Å². The standard InChI is InChI=1S/C31H39N3O7/c1-39-28-14-6-24(7-15-28)25-8-16-29(17-9-25)40-22-5-3-2-4-18-34(19-21-35)20-23-41-31(38)33-27-12-10-26(11-13-27)32-30(36)37/h6-17,32,35H,2-5,18-23H2,1H3,(H,33,38)(H,36,37). The Morgan fingerprint density at radius 2 is 1.29 bits per heavy atom. The summed E-state index contributed by atoms with van der Waals surface area (Å²) in [6, 6.07) is 22.3. The highest BCUT2D eigenvalue weighted by molar-refractivity contribution is 5.86. The van der Waals surface area contributed by atoms with E-state index in [2.05, 4.69) is 27.7 Å². The summed E-state index contributed by atoms with van der Waals surface area (Å²) in [4.78, 5) is 24.8. The van der Waals surface area contributed by atoms with Crippen LogP contribution in [0.5, 0.6) is 11.5 Å². The van der Waals surface area contributed by atoms with Gasteiger partial charge in [-0.1, -0.05) is 37.1 Å². The number of unbranched alkanes of at least 4 members (excludes halogenated alkanes) is 3. The zero-order valence-electron chi connectivity index (χ0n) is 23.4. The highest BCUT2D eigenvalue weighted by Crippen LogP contribution is 2.24. The van der Waals surface area contributed by atoms with Crippen molar-refractivity contribution >= 4 is 23.6 Å². The van der Waals surface area contributed by atoms with Crippen molar-refractivity contribution in [1.82, 2.24) is 4.90 Å². The van der Waals surface area contributed by atoms with Crippen LogP contribution in [0.4, 0.5) is 21.0 Å². The van der Waals surface area contributed by atoms with Crippen molar-refractivity contribution in [3.63, 3.8) is 0 Å². The lowest BCUT2D eigenvalue weighted by atomic mass is 10.1. The molecule has 2 amide bonds. The number of nitrogens with zero attached hydrogens (tertiary/aromatic N) is 1. The molecule has 3 aromatic rings. The number of carboxylic acid groups (broad SMARTS) is 1. The van der Waals surface area contributed by atoms with Gasteiger partial charge < -0.3 is 24.4 Å². The van der Waals surface area contributed by atoms with E-state index in [0.29, 0.717) is 31.1 Å². The van der Waals surface area contributed by atoms with Gasteiger partial charge in [0.15, 0.2) is 0 Å². The number of nitrogens with one attached hydrogen (secondary N) is 2. The average Bonchev–Trinajstić information content (AvgIpc) is 2.98. The lowest BCUT2D eigenvalue weighted by Gasteiger charge is -2.21. The molecule has 0 unspecified atom stereocenters. The molecule has 0 aliphatic heterocycles. The topological polar surface area (TPSA) is 130 Å². The molecule has 0 aliphatic carbocycles. The molecule has 0 bridgehead atoms. The van der Waals surface area contributed by atoms with Gasteiger partial charge in [-0.3, -0.25) is 15.5 Å². The number of hydrogen-bond acceptors (Lipinski definition) is 7. The Hall–Kier alpha value is -4.28. The third-order valence-electron chi connectivity index (χ3n) is 6.35. The Morgan fingerprint density at radius 1 is 0.707 bits per heavy atom. The number of ether oxygens (including phenoxy) is 3. The second kappa shape index (κ2) is 17.4. The highest BCUT2D eigenvalue weighted by atomic mass is 16.5. The minimum Gasteiger partial charge on any atom is -0.497 e. The first-order chi connectivity index (χ1) is 20.0. The highest BCUT2D eigenvalue weighted by Gasteiger charge is 2.08. The number of methoxy groups -OCH3 is 1. The van der Waals surface area contributed by atoms with E-state index in [1.165, 1.54) is 0 Å². The molecule has 220 valence electrons. The number of rotatable bonds is 17. The van der Waals surface area contributed by atoms with Gasteiger partial charge in [-0.25, -0.2) is 9.59 Å². The Morgan fingerprint density at radius 3 is 1.88 bits per heavy atom. The smallest absolute Gasteiger partial charge is 0.411 e. The third-order valence-corrected chi connectivity index (χ3v) is 6.35. The maximum Gasteiger partial charge on any atom is 0.411 e. The monoisotopic (exact) mass is 565 g/mol. The Kier molecular flexibility index (Phi) is 13.3. The van der Waals surface area contributed by atoms with Crippen molar-refractivity contribution < 1.29 is 34.0 Å². The van der Waals surface area contributed by atoms with E-state index in [-0.39, 0.29) is 13.2 Å². The van der Waals surface area contributed by atoms with Gasteiger partial charge in [-0.15, -0.1) is 0 Å². The molecule has 0 heterocycles. The molecular formula is C31H39N3O7. The summed E-state index contributed by atoms with van der Waals surface area (Å²) in [5.74, 6) is 1.69. The number of anilines is 2. The molecule has 0 spiro atoms. The van der Waals surface area contributed by atoms with Crippen LogP contribution in [0.2, 0.25) is 0 Å². The minimum absolute atomic E-state index is 0.0357. The number of carbonyl (C=O) groups is 2. The van der Waals surface area contributed by atoms with Crippen LogP contribution in [0.3, 0.4) is 0 Å². The first kappa shape index (κ1) is 31.3. The van der Waals surface area contributed by atoms with E-state index in [4.69, 9.17) is 19.3 Å². The minimum atomic E-state index is -1.16. The van der Waals surface area contributed by atoms with Crippen molar-refractivity contribution in [1.29, 1.82) is 0 Å². The predicted molar refractivity (Wildman–Crippen MR) is 159 cm³/mol. The van der Waals surface area contributed by atoms with Crippen LogP contribution in [0.1, 0.15) is 25.7 Å². The zero-order valence-corrected chi connectivity index (χ0v) is 23.4. The average molecular weight is 566 g/mol. The van der Waals surface area contributed by atoms with Crippen LogP contribution in [0.25, 0.3) is 11.1 Å². The Bertz CT molecular complexity index is 1190. The normalized spacial score (nSPS) is 10.7. The lowest BCUT2D eigenvalue weighted by molar-refractivity contribution is 0.128. The summed E-state index contributed by atoms with van der Waals surface area (Å²) in [6.45, 7) is 2.72. The number of amides is 2. The van der Waals surface area contributed by atoms with Crippen molar-refractivity contribution in [3.8, 4) is 22.6 Å². The Balaban J connectivity index is 1.25. The lowest BCUT2D eigenvalue weighted by Crippen LogP contribution is -2.32. The van der Waals surface area contributed by atoms with Gasteiger partial charge in [0.2, 0.25) is 0 Å². The second-order valence-electron chi connectivity index (χ2n) is 9.35. The van der Waals surface area contributed by atoms with Crippen LogP contribution in [-0.4, -0.2) is 73.9 Å². The van der Waals surface area contributed by atoms with Crippen molar-refractivity contribution in [2.24, 2.45) is 0 Å². The number of aliphatic hydroxyl groups is 1. The molecule has 3 rings (SSSR count). The molecule has 3 aromatic carbocycles. The van der Waals surface area contributed by atoms with Gasteiger partial charge in [0.25, 0.3) is 0 Å². The fraction of sp³-hybridized carbons (Fsp3) is 0.355. The van der Waals surface area contributed by atoms with Crippen LogP contribution >= 0.6 is 0 Å². The molecule has 0 aliphatic rings. The summed E-state index contributed by atoms with van der Waals surface area (Å²) < 4.78 is 16.4. The van der Waals surface area contributed by atoms with E-state index in [1.807, 2.05) is 36.4 Å². The molecule has 0 aromatic heterocycles. The van der Waals surface area contributed by atoms with Gasteiger partial charge in [-0.2, -0.15) is 0 Å². The first-order valence-electron chi connectivity index (χ1n) is 13.7. The molecule has 41 heavy (non-hydrogen) atoms. The predicted octanol–water partition coefficient (Wildman–Crippen LogP) is 5.93. The summed E-state index contributed by atoms with van der Waals surface area (Å²) in [5, 5.41) is 22.9. The Labute approximate surface area is 240 Å². The van der Waals surface area contributed by atoms with Crippen LogP contribution in [-0.2, 0) is 4.74 Å².